The van der Waals surface area contributed by atoms with Gasteiger partial charge in [0.05, 0.1) is 0 Å². The molecule has 0 saturated carbocycles. The molecule has 2 rings (SSSR count). The summed E-state index contributed by atoms with van der Waals surface area (Å²) >= 11 is 6.10. The van der Waals surface area contributed by atoms with Gasteiger partial charge in [0.2, 0.25) is 0 Å². The predicted octanol–water partition coefficient (Wildman–Crippen LogP) is 3.77. The first-order valence-corrected chi connectivity index (χ1v) is 5.64. The van der Waals surface area contributed by atoms with Gasteiger partial charge in [-0.15, -0.1) is 0 Å². The van der Waals surface area contributed by atoms with Gasteiger partial charge < -0.3 is 5.73 Å². The first kappa shape index (κ1) is 11.2. The zero-order valence-corrected chi connectivity index (χ0v) is 9.96. The summed E-state index contributed by atoms with van der Waals surface area (Å²) < 4.78 is 0. The molecule has 0 aliphatic rings. The van der Waals surface area contributed by atoms with E-state index in [4.69, 9.17) is 17.3 Å². The van der Waals surface area contributed by atoms with Gasteiger partial charge in [-0.25, -0.2) is 0 Å². The Kier molecular flexibility index (Phi) is 3.28. The molecule has 0 bridgehead atoms. The maximum Gasteiger partial charge on any atom is 0.0441 e. The smallest absolute Gasteiger partial charge is 0.0441 e. The Morgan fingerprint density at radius 1 is 1.06 bits per heavy atom. The lowest BCUT2D eigenvalue weighted by molar-refractivity contribution is 1.07. The Bertz CT molecular complexity index is 489. The molecule has 16 heavy (non-hydrogen) atoms. The minimum Gasteiger partial charge on any atom is -0.326 e. The van der Waals surface area contributed by atoms with Gasteiger partial charge in [0.15, 0.2) is 0 Å². The van der Waals surface area contributed by atoms with Crippen LogP contribution in [0.15, 0.2) is 42.5 Å². The first-order valence-electron chi connectivity index (χ1n) is 5.27. The standard InChI is InChI=1S/C14H14ClN/c1-10-13(3-2-4-14(10)15)12-7-5-11(9-16)6-8-12/h2-8H,9,16H2,1H3. The van der Waals surface area contributed by atoms with Crippen LogP contribution in [-0.2, 0) is 6.54 Å². The highest BCUT2D eigenvalue weighted by Crippen LogP contribution is 2.28. The first-order chi connectivity index (χ1) is 7.72. The quantitative estimate of drug-likeness (QED) is 0.837. The van der Waals surface area contributed by atoms with Crippen molar-refractivity contribution in [2.75, 3.05) is 0 Å². The van der Waals surface area contributed by atoms with Crippen molar-refractivity contribution in [1.29, 1.82) is 0 Å². The fraction of sp³-hybridized carbons (Fsp3) is 0.143. The molecule has 0 heterocycles. The molecule has 0 unspecified atom stereocenters. The van der Waals surface area contributed by atoms with Crippen LogP contribution in [0.25, 0.3) is 11.1 Å². The molecule has 0 atom stereocenters. The lowest BCUT2D eigenvalue weighted by Gasteiger charge is -2.08. The Balaban J connectivity index is 2.46. The van der Waals surface area contributed by atoms with Crippen molar-refractivity contribution in [2.24, 2.45) is 5.73 Å². The fourth-order valence-electron chi connectivity index (χ4n) is 1.74. The number of hydrogen-bond donors (Lipinski definition) is 1. The average molecular weight is 232 g/mol. The monoisotopic (exact) mass is 231 g/mol. The second-order valence-electron chi connectivity index (χ2n) is 3.81. The van der Waals surface area contributed by atoms with Crippen LogP contribution in [0, 0.1) is 6.92 Å². The second kappa shape index (κ2) is 4.69. The van der Waals surface area contributed by atoms with Crippen LogP contribution in [0.1, 0.15) is 11.1 Å². The maximum absolute atomic E-state index is 6.10. The lowest BCUT2D eigenvalue weighted by atomic mass is 9.99. The summed E-state index contributed by atoms with van der Waals surface area (Å²) in [4.78, 5) is 0. The van der Waals surface area contributed by atoms with Crippen molar-refractivity contribution in [2.45, 2.75) is 13.5 Å². The fourth-order valence-corrected chi connectivity index (χ4v) is 1.92. The summed E-state index contributed by atoms with van der Waals surface area (Å²) in [6.07, 6.45) is 0. The van der Waals surface area contributed by atoms with Gasteiger partial charge in [0.25, 0.3) is 0 Å². The third-order valence-electron chi connectivity index (χ3n) is 2.77. The molecule has 0 aromatic heterocycles. The van der Waals surface area contributed by atoms with E-state index in [0.29, 0.717) is 6.54 Å². The second-order valence-corrected chi connectivity index (χ2v) is 4.22. The van der Waals surface area contributed by atoms with E-state index < -0.39 is 0 Å². The molecule has 0 fully saturated rings. The molecule has 0 amide bonds. The summed E-state index contributed by atoms with van der Waals surface area (Å²) in [5.41, 5.74) is 10.2. The summed E-state index contributed by atoms with van der Waals surface area (Å²) in [5.74, 6) is 0. The van der Waals surface area contributed by atoms with E-state index >= 15 is 0 Å². The van der Waals surface area contributed by atoms with E-state index in [1.165, 1.54) is 11.1 Å². The normalized spacial score (nSPS) is 10.4. The Hall–Kier alpha value is -1.31. The molecular weight excluding hydrogens is 218 g/mol. The molecule has 0 radical (unpaired) electrons. The molecule has 0 spiro atoms. The van der Waals surface area contributed by atoms with Crippen molar-refractivity contribution >= 4 is 11.6 Å². The zero-order chi connectivity index (χ0) is 11.5. The van der Waals surface area contributed by atoms with E-state index in [1.807, 2.05) is 19.1 Å². The lowest BCUT2D eigenvalue weighted by Crippen LogP contribution is -1.95. The van der Waals surface area contributed by atoms with Crippen LogP contribution < -0.4 is 5.73 Å². The minimum absolute atomic E-state index is 0.578. The van der Waals surface area contributed by atoms with Crippen LogP contribution >= 0.6 is 11.6 Å². The topological polar surface area (TPSA) is 26.0 Å². The van der Waals surface area contributed by atoms with Crippen molar-refractivity contribution in [1.82, 2.24) is 0 Å². The van der Waals surface area contributed by atoms with Gasteiger partial charge >= 0.3 is 0 Å². The van der Waals surface area contributed by atoms with Crippen LogP contribution in [0.3, 0.4) is 0 Å². The van der Waals surface area contributed by atoms with Gasteiger partial charge in [0, 0.05) is 11.6 Å². The highest BCUT2D eigenvalue weighted by Gasteiger charge is 2.04. The Morgan fingerprint density at radius 2 is 1.75 bits per heavy atom. The summed E-state index contributed by atoms with van der Waals surface area (Å²) in [6.45, 7) is 2.61. The SMILES string of the molecule is Cc1c(Cl)cccc1-c1ccc(CN)cc1. The number of hydrogen-bond acceptors (Lipinski definition) is 1. The van der Waals surface area contributed by atoms with E-state index in [-0.39, 0.29) is 0 Å². The molecule has 2 aromatic carbocycles. The number of halogens is 1. The van der Waals surface area contributed by atoms with Gasteiger partial charge in [-0.1, -0.05) is 48.0 Å². The Labute approximate surface area is 101 Å². The molecule has 2 aromatic rings. The zero-order valence-electron chi connectivity index (χ0n) is 9.20. The van der Waals surface area contributed by atoms with E-state index in [9.17, 15) is 0 Å². The molecule has 1 nitrogen and oxygen atoms in total. The Morgan fingerprint density at radius 3 is 2.38 bits per heavy atom. The van der Waals surface area contributed by atoms with Crippen molar-refractivity contribution in [3.05, 3.63) is 58.6 Å². The van der Waals surface area contributed by atoms with E-state index in [0.717, 1.165) is 16.1 Å². The average Bonchev–Trinajstić information content (AvgIpc) is 2.33. The van der Waals surface area contributed by atoms with Crippen molar-refractivity contribution < 1.29 is 0 Å². The molecule has 0 aliphatic heterocycles. The van der Waals surface area contributed by atoms with Crippen molar-refractivity contribution in [3.63, 3.8) is 0 Å². The number of benzene rings is 2. The number of nitrogens with two attached hydrogens (primary N) is 1. The molecule has 0 aliphatic carbocycles. The maximum atomic E-state index is 6.10. The third kappa shape index (κ3) is 2.11. The van der Waals surface area contributed by atoms with E-state index in [2.05, 4.69) is 30.3 Å². The predicted molar refractivity (Wildman–Crippen MR) is 69.5 cm³/mol. The van der Waals surface area contributed by atoms with Crippen LogP contribution in [0.4, 0.5) is 0 Å². The molecule has 0 saturated heterocycles. The molecule has 82 valence electrons. The largest absolute Gasteiger partial charge is 0.326 e. The van der Waals surface area contributed by atoms with Crippen LogP contribution in [-0.4, -0.2) is 0 Å². The molecular formula is C14H14ClN. The number of rotatable bonds is 2. The van der Waals surface area contributed by atoms with E-state index in [1.54, 1.807) is 0 Å². The van der Waals surface area contributed by atoms with Crippen LogP contribution in [0.5, 0.6) is 0 Å². The van der Waals surface area contributed by atoms with Gasteiger partial charge in [-0.05, 0) is 35.2 Å². The molecule has 2 heteroatoms. The van der Waals surface area contributed by atoms with Gasteiger partial charge in [-0.3, -0.25) is 0 Å². The summed E-state index contributed by atoms with van der Waals surface area (Å²) in [5, 5.41) is 0.806. The highest BCUT2D eigenvalue weighted by molar-refractivity contribution is 6.31. The molecule has 2 N–H and O–H groups in total. The summed E-state index contributed by atoms with van der Waals surface area (Å²) in [6, 6.07) is 14.2. The summed E-state index contributed by atoms with van der Waals surface area (Å²) in [7, 11) is 0. The van der Waals surface area contributed by atoms with Crippen molar-refractivity contribution in [3.8, 4) is 11.1 Å². The van der Waals surface area contributed by atoms with Gasteiger partial charge in [0.1, 0.15) is 0 Å². The minimum atomic E-state index is 0.578. The van der Waals surface area contributed by atoms with Gasteiger partial charge in [-0.2, -0.15) is 0 Å². The van der Waals surface area contributed by atoms with Crippen LogP contribution in [0.2, 0.25) is 5.02 Å². The highest BCUT2D eigenvalue weighted by atomic mass is 35.5. The third-order valence-corrected chi connectivity index (χ3v) is 3.18.